The third kappa shape index (κ3) is 5.36. The molecule has 1 aromatic rings. The van der Waals surface area contributed by atoms with Gasteiger partial charge in [0.15, 0.2) is 15.6 Å². The maximum atomic E-state index is 13.1. The van der Waals surface area contributed by atoms with Gasteiger partial charge >= 0.3 is 6.03 Å². The number of sulfone groups is 1. The molecule has 2 rings (SSSR count). The fourth-order valence-electron chi connectivity index (χ4n) is 2.91. The summed E-state index contributed by atoms with van der Waals surface area (Å²) in [7, 11) is -4.07. The quantitative estimate of drug-likeness (QED) is 0.497. The first-order chi connectivity index (χ1) is 13.5. The largest absolute Gasteiger partial charge is 0.504 e. The summed E-state index contributed by atoms with van der Waals surface area (Å²) >= 11 is 12.2. The number of phenols is 1. The second kappa shape index (κ2) is 9.55. The number of hydrogen-bond donors (Lipinski definition) is 3. The lowest BCUT2D eigenvalue weighted by atomic mass is 10.1. The fourth-order valence-corrected chi connectivity index (χ4v) is 5.15. The number of allylic oxidation sites excluding steroid dienone is 1. The van der Waals surface area contributed by atoms with Crippen molar-refractivity contribution in [2.75, 3.05) is 25.1 Å². The summed E-state index contributed by atoms with van der Waals surface area (Å²) in [6.45, 7) is 5.34. The number of nitrogens with one attached hydrogen (secondary N) is 2. The number of phenolic OH excluding ortho intramolecular Hbond substituents is 1. The van der Waals surface area contributed by atoms with Crippen LogP contribution in [-0.2, 0) is 14.6 Å². The van der Waals surface area contributed by atoms with Crippen molar-refractivity contribution in [3.8, 4) is 5.75 Å². The molecule has 1 unspecified atom stereocenters. The van der Waals surface area contributed by atoms with Crippen LogP contribution in [0.2, 0.25) is 5.02 Å². The van der Waals surface area contributed by atoms with Crippen LogP contribution in [0.3, 0.4) is 0 Å². The van der Waals surface area contributed by atoms with Gasteiger partial charge in [0.1, 0.15) is 4.90 Å². The molecule has 0 fully saturated rings. The van der Waals surface area contributed by atoms with Crippen molar-refractivity contribution in [3.63, 3.8) is 0 Å². The third-order valence-corrected chi connectivity index (χ3v) is 8.15. The van der Waals surface area contributed by atoms with Crippen LogP contribution in [0.5, 0.6) is 5.75 Å². The topological polar surface area (TPSA) is 105 Å². The smallest absolute Gasteiger partial charge is 0.319 e. The SMILES string of the molecule is CCOCC(C)(C)S(=O)(=O)c1c(Cl)ccc(NC(=O)NCC2CCC=C2Cl)c1O. The van der Waals surface area contributed by atoms with Crippen molar-refractivity contribution in [1.29, 1.82) is 0 Å². The number of carbonyl (C=O) groups is 1. The maximum Gasteiger partial charge on any atom is 0.319 e. The molecule has 7 nitrogen and oxygen atoms in total. The zero-order valence-electron chi connectivity index (χ0n) is 16.6. The van der Waals surface area contributed by atoms with E-state index in [2.05, 4.69) is 10.6 Å². The van der Waals surface area contributed by atoms with Crippen LogP contribution in [0.4, 0.5) is 10.5 Å². The number of aromatic hydroxyl groups is 1. The zero-order chi connectivity index (χ0) is 21.8. The van der Waals surface area contributed by atoms with Gasteiger partial charge in [-0.1, -0.05) is 29.3 Å². The number of urea groups is 1. The molecular weight excluding hydrogens is 439 g/mol. The first-order valence-electron chi connectivity index (χ1n) is 9.25. The summed E-state index contributed by atoms with van der Waals surface area (Å²) in [6, 6.07) is 2.07. The zero-order valence-corrected chi connectivity index (χ0v) is 18.9. The highest BCUT2D eigenvalue weighted by atomic mass is 35.5. The number of ether oxygens (including phenoxy) is 1. The Labute approximate surface area is 181 Å². The van der Waals surface area contributed by atoms with Crippen molar-refractivity contribution in [2.24, 2.45) is 5.92 Å². The second-order valence-corrected chi connectivity index (χ2v) is 10.7. The van der Waals surface area contributed by atoms with E-state index in [0.717, 1.165) is 12.8 Å². The Hall–Kier alpha value is -1.48. The van der Waals surface area contributed by atoms with E-state index >= 15 is 0 Å². The Balaban J connectivity index is 2.21. The standard InChI is InChI=1S/C19H26Cl2N2O5S/c1-4-28-11-19(2,3)29(26,27)17-14(21)8-9-15(16(17)24)23-18(25)22-10-12-6-5-7-13(12)20/h7-9,12,24H,4-6,10-11H2,1-3H3,(H2,22,23,25). The molecule has 2 amide bonds. The molecule has 0 saturated heterocycles. The highest BCUT2D eigenvalue weighted by Crippen LogP contribution is 2.41. The number of anilines is 1. The molecule has 1 aliphatic rings. The van der Waals surface area contributed by atoms with E-state index < -0.39 is 31.3 Å². The summed E-state index contributed by atoms with van der Waals surface area (Å²) < 4.78 is 30.1. The molecule has 1 aromatic carbocycles. The number of carbonyl (C=O) groups excluding carboxylic acids is 1. The first-order valence-corrected chi connectivity index (χ1v) is 11.5. The minimum Gasteiger partial charge on any atom is -0.504 e. The van der Waals surface area contributed by atoms with Gasteiger partial charge in [-0.25, -0.2) is 13.2 Å². The van der Waals surface area contributed by atoms with Gasteiger partial charge in [-0.15, -0.1) is 0 Å². The van der Waals surface area contributed by atoms with Gasteiger partial charge < -0.3 is 20.5 Å². The van der Waals surface area contributed by atoms with Crippen molar-refractivity contribution >= 4 is 44.8 Å². The first kappa shape index (κ1) is 23.8. The Morgan fingerprint density at radius 1 is 1.34 bits per heavy atom. The average molecular weight is 465 g/mol. The molecular formula is C19H26Cl2N2O5S. The molecule has 0 spiro atoms. The predicted molar refractivity (Wildman–Crippen MR) is 115 cm³/mol. The summed E-state index contributed by atoms with van der Waals surface area (Å²) in [5, 5.41) is 16.3. The molecule has 0 bridgehead atoms. The minimum atomic E-state index is -4.07. The highest BCUT2D eigenvalue weighted by molar-refractivity contribution is 7.93. The van der Waals surface area contributed by atoms with Gasteiger partial charge in [-0.05, 0) is 45.7 Å². The molecule has 162 valence electrons. The van der Waals surface area contributed by atoms with Crippen LogP contribution in [0.25, 0.3) is 0 Å². The molecule has 0 heterocycles. The number of halogens is 2. The summed E-state index contributed by atoms with van der Waals surface area (Å²) in [5.74, 6) is -0.562. The van der Waals surface area contributed by atoms with Crippen LogP contribution in [-0.4, -0.2) is 44.1 Å². The summed E-state index contributed by atoms with van der Waals surface area (Å²) in [4.78, 5) is 11.8. The number of benzene rings is 1. The molecule has 0 aliphatic heterocycles. The van der Waals surface area contributed by atoms with Gasteiger partial charge in [0.2, 0.25) is 0 Å². The van der Waals surface area contributed by atoms with Gasteiger partial charge in [0, 0.05) is 24.1 Å². The van der Waals surface area contributed by atoms with Crippen LogP contribution in [0.1, 0.15) is 33.6 Å². The second-order valence-electron chi connectivity index (χ2n) is 7.37. The fraction of sp³-hybridized carbons (Fsp3) is 0.526. The van der Waals surface area contributed by atoms with E-state index in [1.165, 1.54) is 26.0 Å². The molecule has 3 N–H and O–H groups in total. The van der Waals surface area contributed by atoms with Crippen LogP contribution in [0.15, 0.2) is 28.1 Å². The van der Waals surface area contributed by atoms with E-state index in [0.29, 0.717) is 18.2 Å². The summed E-state index contributed by atoms with van der Waals surface area (Å²) in [6.07, 6.45) is 3.63. The monoisotopic (exact) mass is 464 g/mol. The Bertz CT molecular complexity index is 900. The van der Waals surface area contributed by atoms with Crippen molar-refractivity contribution in [3.05, 3.63) is 28.3 Å². The number of amides is 2. The Kier molecular flexibility index (Phi) is 7.84. The minimum absolute atomic E-state index is 0.0523. The van der Waals surface area contributed by atoms with Crippen LogP contribution >= 0.6 is 23.2 Å². The van der Waals surface area contributed by atoms with Gasteiger partial charge in [0.05, 0.1) is 22.1 Å². The van der Waals surface area contributed by atoms with E-state index in [1.54, 1.807) is 6.92 Å². The third-order valence-electron chi connectivity index (χ3n) is 4.74. The molecule has 0 radical (unpaired) electrons. The lowest BCUT2D eigenvalue weighted by Gasteiger charge is -2.26. The van der Waals surface area contributed by atoms with Crippen LogP contribution in [0, 0.1) is 5.92 Å². The number of hydrogen-bond acceptors (Lipinski definition) is 5. The Morgan fingerprint density at radius 3 is 2.62 bits per heavy atom. The van der Waals surface area contributed by atoms with E-state index in [1.807, 2.05) is 6.08 Å². The van der Waals surface area contributed by atoms with Gasteiger partial charge in [-0.3, -0.25) is 0 Å². The predicted octanol–water partition coefficient (Wildman–Crippen LogP) is 4.29. The van der Waals surface area contributed by atoms with E-state index in [4.69, 9.17) is 27.9 Å². The van der Waals surface area contributed by atoms with E-state index in [-0.39, 0.29) is 23.2 Å². The van der Waals surface area contributed by atoms with E-state index in [9.17, 15) is 18.3 Å². The lowest BCUT2D eigenvalue weighted by Crippen LogP contribution is -2.37. The molecule has 10 heteroatoms. The summed E-state index contributed by atoms with van der Waals surface area (Å²) in [5.41, 5.74) is -0.0641. The van der Waals surface area contributed by atoms with Crippen molar-refractivity contribution in [1.82, 2.24) is 5.32 Å². The average Bonchev–Trinajstić information content (AvgIpc) is 3.05. The number of rotatable bonds is 8. The van der Waals surface area contributed by atoms with Gasteiger partial charge in [0.25, 0.3) is 0 Å². The molecule has 1 aliphatic carbocycles. The maximum absolute atomic E-state index is 13.1. The molecule has 1 atom stereocenters. The molecule has 0 saturated carbocycles. The molecule has 29 heavy (non-hydrogen) atoms. The molecule has 0 aromatic heterocycles. The van der Waals surface area contributed by atoms with Gasteiger partial charge in [-0.2, -0.15) is 0 Å². The lowest BCUT2D eigenvalue weighted by molar-refractivity contribution is 0.129. The van der Waals surface area contributed by atoms with Crippen molar-refractivity contribution in [2.45, 2.75) is 43.3 Å². The van der Waals surface area contributed by atoms with Crippen LogP contribution < -0.4 is 10.6 Å². The highest BCUT2D eigenvalue weighted by Gasteiger charge is 2.40. The normalized spacial score (nSPS) is 17.1. The van der Waals surface area contributed by atoms with Crippen molar-refractivity contribution < 1.29 is 23.1 Å². The Morgan fingerprint density at radius 2 is 2.03 bits per heavy atom.